The van der Waals surface area contributed by atoms with E-state index in [1.807, 2.05) is 0 Å². The number of halogens is 3. The van der Waals surface area contributed by atoms with Crippen LogP contribution in [0.1, 0.15) is 32.9 Å². The van der Waals surface area contributed by atoms with Crippen LogP contribution in [0.25, 0.3) is 11.6 Å². The summed E-state index contributed by atoms with van der Waals surface area (Å²) in [5, 5.41) is 2.57. The molecule has 0 saturated carbocycles. The van der Waals surface area contributed by atoms with Crippen LogP contribution in [-0.2, 0) is 4.79 Å². The van der Waals surface area contributed by atoms with Gasteiger partial charge in [0, 0.05) is 22.6 Å². The van der Waals surface area contributed by atoms with Crippen LogP contribution in [0.2, 0.25) is 0 Å². The molecule has 1 aromatic carbocycles. The summed E-state index contributed by atoms with van der Waals surface area (Å²) in [6.07, 6.45) is -3.37. The van der Waals surface area contributed by atoms with Gasteiger partial charge in [-0.3, -0.25) is 9.59 Å². The molecule has 0 atom stereocenters. The minimum atomic E-state index is -4.84. The molecule has 2 amide bonds. The maximum absolute atomic E-state index is 12.4. The first-order valence-corrected chi connectivity index (χ1v) is 7.49. The van der Waals surface area contributed by atoms with E-state index in [1.165, 1.54) is 12.1 Å². The van der Waals surface area contributed by atoms with Gasteiger partial charge in [-0.05, 0) is 43.7 Å². The number of benzene rings is 1. The van der Waals surface area contributed by atoms with E-state index in [0.29, 0.717) is 28.2 Å². The van der Waals surface area contributed by atoms with E-state index in [9.17, 15) is 22.8 Å². The number of aromatic nitrogens is 1. The number of carbonyl (C=O) groups is 2. The molecule has 3 rings (SSSR count). The molecule has 1 aliphatic heterocycles. The lowest BCUT2D eigenvalue weighted by Gasteiger charge is -2.09. The second kappa shape index (κ2) is 5.94. The topological polar surface area (TPSA) is 97.2 Å². The lowest BCUT2D eigenvalue weighted by atomic mass is 10.0. The number of ether oxygens (including phenoxy) is 1. The zero-order valence-electron chi connectivity index (χ0n) is 13.7. The summed E-state index contributed by atoms with van der Waals surface area (Å²) in [4.78, 5) is 26.7. The molecule has 4 N–H and O–H groups in total. The molecule has 9 heteroatoms. The van der Waals surface area contributed by atoms with Crippen LogP contribution < -0.4 is 15.8 Å². The van der Waals surface area contributed by atoms with Gasteiger partial charge in [0.2, 0.25) is 0 Å². The number of fused-ring (bicyclic) bond motifs is 1. The summed E-state index contributed by atoms with van der Waals surface area (Å²) < 4.78 is 41.2. The Hall–Kier alpha value is -3.23. The van der Waals surface area contributed by atoms with Crippen molar-refractivity contribution in [1.82, 2.24) is 4.98 Å². The average Bonchev–Trinajstić information content (AvgIpc) is 2.95. The quantitative estimate of drug-likeness (QED) is 0.729. The zero-order chi connectivity index (χ0) is 19.2. The Balaban J connectivity index is 2.07. The third-order valence-electron chi connectivity index (χ3n) is 4.02. The van der Waals surface area contributed by atoms with Gasteiger partial charge in [0.1, 0.15) is 5.75 Å². The predicted molar refractivity (Wildman–Crippen MR) is 88.4 cm³/mol. The number of nitrogens with one attached hydrogen (secondary N) is 2. The largest absolute Gasteiger partial charge is 0.573 e. The van der Waals surface area contributed by atoms with Crippen molar-refractivity contribution in [1.29, 1.82) is 0 Å². The Kier molecular flexibility index (Phi) is 4.02. The molecule has 0 spiro atoms. The molecule has 2 heterocycles. The summed E-state index contributed by atoms with van der Waals surface area (Å²) >= 11 is 0. The second-order valence-electron chi connectivity index (χ2n) is 5.80. The van der Waals surface area contributed by atoms with Gasteiger partial charge in [-0.15, -0.1) is 13.2 Å². The fraction of sp³-hybridized carbons (Fsp3) is 0.176. The van der Waals surface area contributed by atoms with E-state index >= 15 is 0 Å². The molecule has 0 radical (unpaired) electrons. The third kappa shape index (κ3) is 3.15. The van der Waals surface area contributed by atoms with Gasteiger partial charge >= 0.3 is 6.36 Å². The Morgan fingerprint density at radius 3 is 2.54 bits per heavy atom. The van der Waals surface area contributed by atoms with Gasteiger partial charge in [0.15, 0.2) is 0 Å². The summed E-state index contributed by atoms with van der Waals surface area (Å²) in [6.45, 7) is 3.32. The van der Waals surface area contributed by atoms with Gasteiger partial charge < -0.3 is 20.8 Å². The molecule has 1 aromatic heterocycles. The number of hydrogen-bond acceptors (Lipinski definition) is 3. The number of rotatable bonds is 3. The Morgan fingerprint density at radius 2 is 1.96 bits per heavy atom. The van der Waals surface area contributed by atoms with Crippen molar-refractivity contribution in [2.75, 3.05) is 5.32 Å². The summed E-state index contributed by atoms with van der Waals surface area (Å²) in [5.41, 5.74) is 7.98. The normalized spacial score (nSPS) is 15.1. The number of alkyl halides is 3. The molecular formula is C17H14F3N3O3. The molecule has 6 nitrogen and oxygen atoms in total. The van der Waals surface area contributed by atoms with E-state index in [1.54, 1.807) is 13.8 Å². The van der Waals surface area contributed by atoms with E-state index in [0.717, 1.165) is 12.1 Å². The highest BCUT2D eigenvalue weighted by Crippen LogP contribution is 2.37. The highest BCUT2D eigenvalue weighted by Gasteiger charge is 2.32. The van der Waals surface area contributed by atoms with Crippen LogP contribution >= 0.6 is 0 Å². The Bertz CT molecular complexity index is 958. The van der Waals surface area contributed by atoms with Crippen molar-refractivity contribution in [3.63, 3.8) is 0 Å². The van der Waals surface area contributed by atoms with E-state index in [2.05, 4.69) is 15.0 Å². The lowest BCUT2D eigenvalue weighted by molar-refractivity contribution is -0.274. The van der Waals surface area contributed by atoms with E-state index in [4.69, 9.17) is 5.73 Å². The molecule has 0 unspecified atom stereocenters. The van der Waals surface area contributed by atoms with Crippen LogP contribution in [0.5, 0.6) is 5.75 Å². The van der Waals surface area contributed by atoms with E-state index in [-0.39, 0.29) is 11.1 Å². The first-order valence-electron chi connectivity index (χ1n) is 7.49. The van der Waals surface area contributed by atoms with Crippen LogP contribution in [0.3, 0.4) is 0 Å². The highest BCUT2D eigenvalue weighted by molar-refractivity contribution is 6.35. The molecule has 26 heavy (non-hydrogen) atoms. The standard InChI is InChI=1S/C17H14F3N3O3/c1-7-13(22-8(2)14(7)15(21)24)6-11-10-5-9(26-17(18,19)20)3-4-12(10)23-16(11)25/h3-6,22H,1-2H3,(H2,21,24)(H,23,25)/b11-6-. The van der Waals surface area contributed by atoms with Gasteiger partial charge in [0.05, 0.1) is 11.1 Å². The number of carbonyl (C=O) groups excluding carboxylic acids is 2. The second-order valence-corrected chi connectivity index (χ2v) is 5.80. The average molecular weight is 365 g/mol. The maximum atomic E-state index is 12.4. The van der Waals surface area contributed by atoms with Gasteiger partial charge in [-0.25, -0.2) is 0 Å². The van der Waals surface area contributed by atoms with Crippen molar-refractivity contribution in [2.45, 2.75) is 20.2 Å². The molecule has 0 saturated heterocycles. The van der Waals surface area contributed by atoms with Crippen LogP contribution in [0.15, 0.2) is 18.2 Å². The first kappa shape index (κ1) is 17.6. The molecule has 2 aromatic rings. The van der Waals surface area contributed by atoms with Crippen molar-refractivity contribution >= 4 is 29.2 Å². The molecular weight excluding hydrogens is 351 g/mol. The van der Waals surface area contributed by atoms with Crippen LogP contribution in [-0.4, -0.2) is 23.2 Å². The fourth-order valence-corrected chi connectivity index (χ4v) is 2.94. The number of aromatic amines is 1. The van der Waals surface area contributed by atoms with Gasteiger partial charge in [-0.2, -0.15) is 0 Å². The van der Waals surface area contributed by atoms with Crippen molar-refractivity contribution in [2.24, 2.45) is 5.73 Å². The van der Waals surface area contributed by atoms with Crippen LogP contribution in [0.4, 0.5) is 18.9 Å². The molecule has 0 aliphatic carbocycles. The fourth-order valence-electron chi connectivity index (χ4n) is 2.94. The molecule has 0 fully saturated rings. The van der Waals surface area contributed by atoms with Crippen molar-refractivity contribution in [3.05, 3.63) is 46.3 Å². The SMILES string of the molecule is Cc1[nH]c(/C=C2\C(=O)Nc3ccc(OC(F)(F)F)cc32)c(C)c1C(N)=O. The molecule has 0 bridgehead atoms. The number of anilines is 1. The predicted octanol–water partition coefficient (Wildman–Crippen LogP) is 3.12. The maximum Gasteiger partial charge on any atom is 0.573 e. The number of hydrogen-bond donors (Lipinski definition) is 3. The minimum Gasteiger partial charge on any atom is -0.406 e. The highest BCUT2D eigenvalue weighted by atomic mass is 19.4. The van der Waals surface area contributed by atoms with E-state index < -0.39 is 23.9 Å². The molecule has 1 aliphatic rings. The number of amides is 2. The smallest absolute Gasteiger partial charge is 0.406 e. The zero-order valence-corrected chi connectivity index (χ0v) is 13.7. The Morgan fingerprint density at radius 1 is 1.27 bits per heavy atom. The first-order chi connectivity index (χ1) is 12.1. The van der Waals surface area contributed by atoms with Gasteiger partial charge in [0.25, 0.3) is 11.8 Å². The summed E-state index contributed by atoms with van der Waals surface area (Å²) in [7, 11) is 0. The minimum absolute atomic E-state index is 0.146. The number of nitrogens with two attached hydrogens (primary N) is 1. The monoisotopic (exact) mass is 365 g/mol. The summed E-state index contributed by atoms with van der Waals surface area (Å²) in [6, 6.07) is 3.58. The number of primary amides is 1. The lowest BCUT2D eigenvalue weighted by Crippen LogP contribution is -2.17. The Labute approximate surface area is 145 Å². The van der Waals surface area contributed by atoms with Crippen molar-refractivity contribution < 1.29 is 27.5 Å². The van der Waals surface area contributed by atoms with Crippen LogP contribution in [0, 0.1) is 13.8 Å². The van der Waals surface area contributed by atoms with Gasteiger partial charge in [-0.1, -0.05) is 0 Å². The van der Waals surface area contributed by atoms with Crippen molar-refractivity contribution in [3.8, 4) is 5.75 Å². The number of aryl methyl sites for hydroxylation is 1. The third-order valence-corrected chi connectivity index (χ3v) is 4.02. The molecule has 136 valence electrons. The summed E-state index contributed by atoms with van der Waals surface area (Å²) in [5.74, 6) is -1.52. The number of H-pyrrole nitrogens is 1.